The number of aromatic amines is 1. The van der Waals surface area contributed by atoms with Crippen LogP contribution in [0.15, 0.2) is 67.4 Å². The van der Waals surface area contributed by atoms with E-state index in [0.29, 0.717) is 0 Å². The van der Waals surface area contributed by atoms with Gasteiger partial charge in [-0.05, 0) is 12.0 Å². The lowest BCUT2D eigenvalue weighted by Crippen LogP contribution is -1.93. The zero-order chi connectivity index (χ0) is 17.3. The Hall–Kier alpha value is -3.98. The molecular weight excluding hydrogens is 324 g/mol. The van der Waals surface area contributed by atoms with E-state index in [0.717, 1.165) is 39.2 Å². The Balaban J connectivity index is 1.61. The summed E-state index contributed by atoms with van der Waals surface area (Å²) >= 11 is 0. The normalized spacial score (nSPS) is 10.8. The fourth-order valence-electron chi connectivity index (χ4n) is 2.83. The Morgan fingerprint density at radius 2 is 1.81 bits per heavy atom. The molecule has 4 heterocycles. The summed E-state index contributed by atoms with van der Waals surface area (Å²) in [5.41, 5.74) is 5.09. The van der Waals surface area contributed by atoms with Gasteiger partial charge in [0.25, 0.3) is 0 Å². The molecule has 5 aromatic rings. The highest BCUT2D eigenvalue weighted by molar-refractivity contribution is 5.81. The highest BCUT2D eigenvalue weighted by Crippen LogP contribution is 2.18. The molecule has 0 saturated heterocycles. The third-order valence-corrected chi connectivity index (χ3v) is 4.14. The Kier molecular flexibility index (Phi) is 3.22. The van der Waals surface area contributed by atoms with Gasteiger partial charge in [-0.1, -0.05) is 36.3 Å². The summed E-state index contributed by atoms with van der Waals surface area (Å²) in [6.45, 7) is 0. The zero-order valence-corrected chi connectivity index (χ0v) is 13.6. The van der Waals surface area contributed by atoms with Crippen molar-refractivity contribution < 1.29 is 0 Å². The molecule has 26 heavy (non-hydrogen) atoms. The summed E-state index contributed by atoms with van der Waals surface area (Å²) in [4.78, 5) is 13.1. The number of nitrogens with one attached hydrogen (secondary N) is 1. The first-order chi connectivity index (χ1) is 12.9. The van der Waals surface area contributed by atoms with Crippen LogP contribution in [0.2, 0.25) is 0 Å². The van der Waals surface area contributed by atoms with Gasteiger partial charge in [0.15, 0.2) is 11.3 Å². The average molecular weight is 336 g/mol. The number of pyridine rings is 1. The number of fused-ring (bicyclic) bond motifs is 2. The molecule has 122 valence electrons. The van der Waals surface area contributed by atoms with Gasteiger partial charge >= 0.3 is 0 Å². The van der Waals surface area contributed by atoms with Crippen molar-refractivity contribution in [2.75, 3.05) is 0 Å². The van der Waals surface area contributed by atoms with Gasteiger partial charge in [0.05, 0.1) is 29.7 Å². The van der Waals surface area contributed by atoms with Crippen molar-refractivity contribution in [2.45, 2.75) is 0 Å². The van der Waals surface area contributed by atoms with E-state index >= 15 is 0 Å². The monoisotopic (exact) mass is 336 g/mol. The van der Waals surface area contributed by atoms with Crippen LogP contribution in [0.3, 0.4) is 0 Å². The van der Waals surface area contributed by atoms with Crippen LogP contribution in [-0.2, 0) is 0 Å². The molecule has 0 unspecified atom stereocenters. The Bertz CT molecular complexity index is 1290. The summed E-state index contributed by atoms with van der Waals surface area (Å²) in [6, 6.07) is 11.9. The van der Waals surface area contributed by atoms with Crippen LogP contribution in [-0.4, -0.2) is 29.5 Å². The first-order valence-corrected chi connectivity index (χ1v) is 8.07. The zero-order valence-electron chi connectivity index (χ0n) is 13.6. The Morgan fingerprint density at radius 1 is 0.885 bits per heavy atom. The van der Waals surface area contributed by atoms with E-state index in [1.54, 1.807) is 24.8 Å². The van der Waals surface area contributed by atoms with Gasteiger partial charge in [-0.15, -0.1) is 0 Å². The highest BCUT2D eigenvalue weighted by atomic mass is 15.1. The minimum Gasteiger partial charge on any atom is -0.289 e. The van der Waals surface area contributed by atoms with Gasteiger partial charge in [-0.2, -0.15) is 5.10 Å². The van der Waals surface area contributed by atoms with Gasteiger partial charge in [-0.3, -0.25) is 14.5 Å². The molecule has 5 rings (SSSR count). The molecule has 1 aromatic carbocycles. The lowest BCUT2D eigenvalue weighted by Gasteiger charge is -2.02. The third kappa shape index (κ3) is 2.39. The van der Waals surface area contributed by atoms with Gasteiger partial charge in [-0.25, -0.2) is 9.97 Å². The predicted molar refractivity (Wildman–Crippen MR) is 98.3 cm³/mol. The number of nitrogens with zero attached hydrogens (tertiary/aromatic N) is 5. The van der Waals surface area contributed by atoms with Crippen molar-refractivity contribution >= 4 is 16.7 Å². The minimum absolute atomic E-state index is 0.727. The molecule has 0 atom stereocenters. The molecule has 0 aliphatic heterocycles. The molecule has 6 heteroatoms. The van der Waals surface area contributed by atoms with Crippen LogP contribution < -0.4 is 0 Å². The van der Waals surface area contributed by atoms with Crippen LogP contribution in [0.4, 0.5) is 0 Å². The molecule has 0 amide bonds. The van der Waals surface area contributed by atoms with Crippen LogP contribution in [0.5, 0.6) is 0 Å². The van der Waals surface area contributed by atoms with E-state index in [1.165, 1.54) is 0 Å². The van der Waals surface area contributed by atoms with E-state index in [9.17, 15) is 0 Å². The SMILES string of the molecule is C(#Cc1cnc2cnc(-c3ccccc3)cn12)c1ccnc2[nH]ncc12. The molecule has 1 N–H and O–H groups in total. The number of rotatable bonds is 1. The Morgan fingerprint density at radius 3 is 2.73 bits per heavy atom. The number of aromatic nitrogens is 6. The maximum atomic E-state index is 4.49. The fraction of sp³-hybridized carbons (Fsp3) is 0. The summed E-state index contributed by atoms with van der Waals surface area (Å²) < 4.78 is 1.95. The third-order valence-electron chi connectivity index (χ3n) is 4.14. The van der Waals surface area contributed by atoms with Crippen molar-refractivity contribution in [1.82, 2.24) is 29.5 Å². The maximum Gasteiger partial charge on any atom is 0.156 e. The maximum absolute atomic E-state index is 4.49. The second-order valence-corrected chi connectivity index (χ2v) is 5.75. The van der Waals surface area contributed by atoms with Crippen molar-refractivity contribution in [3.05, 3.63) is 78.6 Å². The lowest BCUT2D eigenvalue weighted by atomic mass is 10.2. The number of benzene rings is 1. The second kappa shape index (κ2) is 5.83. The van der Waals surface area contributed by atoms with E-state index < -0.39 is 0 Å². The van der Waals surface area contributed by atoms with Crippen molar-refractivity contribution in [3.8, 4) is 23.1 Å². The van der Waals surface area contributed by atoms with E-state index in [-0.39, 0.29) is 0 Å². The van der Waals surface area contributed by atoms with E-state index in [2.05, 4.69) is 37.0 Å². The van der Waals surface area contributed by atoms with Crippen molar-refractivity contribution in [2.24, 2.45) is 0 Å². The molecule has 0 aliphatic carbocycles. The molecule has 0 radical (unpaired) electrons. The number of hydrogen-bond donors (Lipinski definition) is 1. The number of H-pyrrole nitrogens is 1. The smallest absolute Gasteiger partial charge is 0.156 e. The first-order valence-electron chi connectivity index (χ1n) is 8.07. The summed E-state index contributed by atoms with van der Waals surface area (Å²) in [6.07, 6.45) is 8.93. The summed E-state index contributed by atoms with van der Waals surface area (Å²) in [5.74, 6) is 6.39. The van der Waals surface area contributed by atoms with Crippen molar-refractivity contribution in [1.29, 1.82) is 0 Å². The molecule has 0 aliphatic rings. The summed E-state index contributed by atoms with van der Waals surface area (Å²) in [5, 5.41) is 7.78. The second-order valence-electron chi connectivity index (χ2n) is 5.75. The van der Waals surface area contributed by atoms with Crippen LogP contribution >= 0.6 is 0 Å². The van der Waals surface area contributed by atoms with Gasteiger partial charge in [0, 0.05) is 23.5 Å². The molecule has 0 spiro atoms. The fourth-order valence-corrected chi connectivity index (χ4v) is 2.83. The first kappa shape index (κ1) is 14.4. The summed E-state index contributed by atoms with van der Waals surface area (Å²) in [7, 11) is 0. The number of hydrogen-bond acceptors (Lipinski definition) is 4. The van der Waals surface area contributed by atoms with Crippen LogP contribution in [0, 0.1) is 11.8 Å². The minimum atomic E-state index is 0.727. The van der Waals surface area contributed by atoms with E-state index in [4.69, 9.17) is 0 Å². The largest absolute Gasteiger partial charge is 0.289 e. The van der Waals surface area contributed by atoms with Gasteiger partial charge < -0.3 is 0 Å². The highest BCUT2D eigenvalue weighted by Gasteiger charge is 2.05. The number of imidazole rings is 1. The molecule has 0 bridgehead atoms. The van der Waals surface area contributed by atoms with E-state index in [1.807, 2.05) is 47.0 Å². The molecular formula is C20H12N6. The molecule has 6 nitrogen and oxygen atoms in total. The molecule has 0 fully saturated rings. The lowest BCUT2D eigenvalue weighted by molar-refractivity contribution is 1.10. The van der Waals surface area contributed by atoms with Crippen LogP contribution in [0.1, 0.15) is 11.3 Å². The quantitative estimate of drug-likeness (QED) is 0.478. The predicted octanol–water partition coefficient (Wildman–Crippen LogP) is 3.07. The van der Waals surface area contributed by atoms with Gasteiger partial charge in [0.2, 0.25) is 0 Å². The van der Waals surface area contributed by atoms with Crippen LogP contribution in [0.25, 0.3) is 27.9 Å². The standard InChI is InChI=1S/C20H12N6/c1-2-4-15(5-3-1)18-13-26-16(10-23-19(26)12-22-18)7-6-14-8-9-21-20-17(14)11-24-25-20/h1-5,8-13H,(H,21,24,25). The van der Waals surface area contributed by atoms with Crippen molar-refractivity contribution in [3.63, 3.8) is 0 Å². The average Bonchev–Trinajstić information content (AvgIpc) is 3.33. The molecule has 0 saturated carbocycles. The topological polar surface area (TPSA) is 71.8 Å². The van der Waals surface area contributed by atoms with Gasteiger partial charge in [0.1, 0.15) is 5.69 Å². The Labute approximate surface area is 148 Å². The molecule has 4 aromatic heterocycles.